The summed E-state index contributed by atoms with van der Waals surface area (Å²) in [7, 11) is 0. The van der Waals surface area contributed by atoms with Crippen molar-refractivity contribution >= 4 is 11.6 Å². The van der Waals surface area contributed by atoms with E-state index in [9.17, 15) is 0 Å². The van der Waals surface area contributed by atoms with Crippen LogP contribution >= 0.6 is 11.6 Å². The zero-order valence-corrected chi connectivity index (χ0v) is 7.02. The molecule has 2 heteroatoms. The van der Waals surface area contributed by atoms with Crippen LogP contribution in [0, 0.1) is 18.3 Å². The largest absolute Gasteiger partial charge is 0.198 e. The van der Waals surface area contributed by atoms with E-state index in [1.165, 1.54) is 0 Å². The Bertz CT molecular complexity index is 299. The van der Waals surface area contributed by atoms with Crippen molar-refractivity contribution < 1.29 is 0 Å². The Morgan fingerprint density at radius 3 is 2.82 bits per heavy atom. The maximum Gasteiger partial charge on any atom is 0.0669 e. The second-order valence-electron chi connectivity index (χ2n) is 2.41. The summed E-state index contributed by atoms with van der Waals surface area (Å²) in [4.78, 5) is 0. The molecule has 0 amide bonds. The number of rotatable bonds is 1. The fourth-order valence-electron chi connectivity index (χ4n) is 0.943. The van der Waals surface area contributed by atoms with Gasteiger partial charge < -0.3 is 0 Å². The van der Waals surface area contributed by atoms with Crippen LogP contribution in [0.2, 0.25) is 5.02 Å². The molecule has 11 heavy (non-hydrogen) atoms. The minimum absolute atomic E-state index is 0.461. The molecule has 0 spiro atoms. The Hall–Kier alpha value is -1.00. The van der Waals surface area contributed by atoms with Gasteiger partial charge in [0, 0.05) is 5.02 Å². The number of nitriles is 1. The molecule has 0 aliphatic carbocycles. The molecule has 0 bridgehead atoms. The Kier molecular flexibility index (Phi) is 2.51. The van der Waals surface area contributed by atoms with Crippen LogP contribution in [0.4, 0.5) is 0 Å². The fraction of sp³-hybridized carbons (Fsp3) is 0.222. The number of hydrogen-bond donors (Lipinski definition) is 0. The Morgan fingerprint density at radius 1 is 1.55 bits per heavy atom. The van der Waals surface area contributed by atoms with E-state index in [4.69, 9.17) is 16.9 Å². The lowest BCUT2D eigenvalue weighted by atomic mass is 10.1. The van der Waals surface area contributed by atoms with E-state index in [0.717, 1.165) is 16.1 Å². The molecule has 0 radical (unpaired) electrons. The summed E-state index contributed by atoms with van der Waals surface area (Å²) >= 11 is 5.73. The lowest BCUT2D eigenvalue weighted by Gasteiger charge is -1.99. The van der Waals surface area contributed by atoms with Gasteiger partial charge >= 0.3 is 0 Å². The van der Waals surface area contributed by atoms with Crippen LogP contribution in [0.15, 0.2) is 18.2 Å². The maximum atomic E-state index is 8.43. The second-order valence-corrected chi connectivity index (χ2v) is 2.84. The van der Waals surface area contributed by atoms with Gasteiger partial charge in [-0.1, -0.05) is 17.7 Å². The molecule has 56 valence electrons. The summed E-state index contributed by atoms with van der Waals surface area (Å²) in [6.07, 6.45) is 0.461. The topological polar surface area (TPSA) is 23.8 Å². The molecule has 0 N–H and O–H groups in total. The fourth-order valence-corrected chi connectivity index (χ4v) is 1.17. The van der Waals surface area contributed by atoms with E-state index >= 15 is 0 Å². The number of benzene rings is 1. The van der Waals surface area contributed by atoms with E-state index in [1.54, 1.807) is 6.07 Å². The number of hydrogen-bond acceptors (Lipinski definition) is 1. The Labute approximate surface area is 71.2 Å². The summed E-state index contributed by atoms with van der Waals surface area (Å²) in [5.41, 5.74) is 2.14. The predicted molar refractivity (Wildman–Crippen MR) is 45.5 cm³/mol. The Balaban J connectivity index is 3.01. The number of halogens is 1. The molecule has 0 fully saturated rings. The third-order valence-electron chi connectivity index (χ3n) is 1.57. The molecule has 1 nitrogen and oxygen atoms in total. The van der Waals surface area contributed by atoms with E-state index < -0.39 is 0 Å². The molecule has 0 aliphatic rings. The van der Waals surface area contributed by atoms with Crippen LogP contribution in [0.3, 0.4) is 0 Å². The molecule has 0 heterocycles. The first-order valence-corrected chi connectivity index (χ1v) is 3.74. The van der Waals surface area contributed by atoms with Gasteiger partial charge in [0.05, 0.1) is 12.5 Å². The lowest BCUT2D eigenvalue weighted by molar-refractivity contribution is 1.21. The highest BCUT2D eigenvalue weighted by Crippen LogP contribution is 2.14. The third-order valence-corrected chi connectivity index (χ3v) is 1.81. The molecular weight excluding hydrogens is 158 g/mol. The van der Waals surface area contributed by atoms with E-state index in [2.05, 4.69) is 6.07 Å². The minimum atomic E-state index is 0.461. The van der Waals surface area contributed by atoms with Gasteiger partial charge in [-0.15, -0.1) is 0 Å². The molecule has 0 saturated carbocycles. The number of aryl methyl sites for hydroxylation is 1. The predicted octanol–water partition coefficient (Wildman–Crippen LogP) is 2.71. The average molecular weight is 166 g/mol. The van der Waals surface area contributed by atoms with Gasteiger partial charge in [-0.05, 0) is 30.2 Å². The van der Waals surface area contributed by atoms with Crippen molar-refractivity contribution in [2.45, 2.75) is 13.3 Å². The van der Waals surface area contributed by atoms with E-state index in [-0.39, 0.29) is 0 Å². The smallest absolute Gasteiger partial charge is 0.0669 e. The molecule has 1 rings (SSSR count). The monoisotopic (exact) mass is 165 g/mol. The van der Waals surface area contributed by atoms with Gasteiger partial charge in [0.2, 0.25) is 0 Å². The molecule has 0 atom stereocenters. The normalized spacial score (nSPS) is 9.18. The average Bonchev–Trinajstić information content (AvgIpc) is 1.95. The van der Waals surface area contributed by atoms with Crippen LogP contribution < -0.4 is 0 Å². The number of nitrogens with zero attached hydrogens (tertiary/aromatic N) is 1. The highest BCUT2D eigenvalue weighted by Gasteiger charge is 1.96. The lowest BCUT2D eigenvalue weighted by Crippen LogP contribution is -1.85. The third kappa shape index (κ3) is 1.96. The van der Waals surface area contributed by atoms with Crippen LogP contribution in [0.1, 0.15) is 11.1 Å². The van der Waals surface area contributed by atoms with Crippen molar-refractivity contribution in [2.75, 3.05) is 0 Å². The van der Waals surface area contributed by atoms with E-state index in [1.807, 2.05) is 19.1 Å². The first-order valence-electron chi connectivity index (χ1n) is 3.36. The van der Waals surface area contributed by atoms with E-state index in [0.29, 0.717) is 6.42 Å². The molecule has 1 aromatic carbocycles. The molecular formula is C9H8ClN. The summed E-state index contributed by atoms with van der Waals surface area (Å²) in [6, 6.07) is 7.67. The molecule has 0 aliphatic heterocycles. The first kappa shape index (κ1) is 8.10. The van der Waals surface area contributed by atoms with Gasteiger partial charge in [0.15, 0.2) is 0 Å². The zero-order valence-electron chi connectivity index (χ0n) is 6.26. The summed E-state index contributed by atoms with van der Waals surface area (Å²) in [5.74, 6) is 0. The SMILES string of the molecule is Cc1cc(Cl)ccc1CC#N. The maximum absolute atomic E-state index is 8.43. The standard InChI is InChI=1S/C9H8ClN/c1-7-6-9(10)3-2-8(7)4-5-11/h2-3,6H,4H2,1H3. The van der Waals surface area contributed by atoms with Crippen molar-refractivity contribution in [3.8, 4) is 6.07 Å². The van der Waals surface area contributed by atoms with Crippen LogP contribution in [0.25, 0.3) is 0 Å². The Morgan fingerprint density at radius 2 is 2.27 bits per heavy atom. The molecule has 0 aromatic heterocycles. The van der Waals surface area contributed by atoms with Crippen molar-refractivity contribution in [2.24, 2.45) is 0 Å². The van der Waals surface area contributed by atoms with Crippen LogP contribution in [0.5, 0.6) is 0 Å². The quantitative estimate of drug-likeness (QED) is 0.628. The van der Waals surface area contributed by atoms with Crippen molar-refractivity contribution in [3.05, 3.63) is 34.3 Å². The van der Waals surface area contributed by atoms with Gasteiger partial charge in [0.1, 0.15) is 0 Å². The van der Waals surface area contributed by atoms with Gasteiger partial charge in [-0.25, -0.2) is 0 Å². The van der Waals surface area contributed by atoms with Crippen molar-refractivity contribution in [1.82, 2.24) is 0 Å². The van der Waals surface area contributed by atoms with Crippen LogP contribution in [-0.2, 0) is 6.42 Å². The van der Waals surface area contributed by atoms with Crippen molar-refractivity contribution in [3.63, 3.8) is 0 Å². The van der Waals surface area contributed by atoms with Gasteiger partial charge in [0.25, 0.3) is 0 Å². The summed E-state index contributed by atoms with van der Waals surface area (Å²) in [6.45, 7) is 1.96. The molecule has 0 unspecified atom stereocenters. The molecule has 1 aromatic rings. The zero-order chi connectivity index (χ0) is 8.27. The van der Waals surface area contributed by atoms with Crippen molar-refractivity contribution in [1.29, 1.82) is 5.26 Å². The second kappa shape index (κ2) is 3.41. The first-order chi connectivity index (χ1) is 5.24. The van der Waals surface area contributed by atoms with Crippen LogP contribution in [-0.4, -0.2) is 0 Å². The summed E-state index contributed by atoms with van der Waals surface area (Å²) in [5, 5.41) is 9.16. The van der Waals surface area contributed by atoms with Gasteiger partial charge in [-0.3, -0.25) is 0 Å². The summed E-state index contributed by atoms with van der Waals surface area (Å²) < 4.78 is 0. The highest BCUT2D eigenvalue weighted by molar-refractivity contribution is 6.30. The highest BCUT2D eigenvalue weighted by atomic mass is 35.5. The molecule has 0 saturated heterocycles. The minimum Gasteiger partial charge on any atom is -0.198 e. The van der Waals surface area contributed by atoms with Gasteiger partial charge in [-0.2, -0.15) is 5.26 Å².